The lowest BCUT2D eigenvalue weighted by Crippen LogP contribution is -2.47. The van der Waals surface area contributed by atoms with Crippen LogP contribution in [-0.2, 0) is 11.2 Å². The van der Waals surface area contributed by atoms with Gasteiger partial charge in [0, 0.05) is 45.5 Å². The van der Waals surface area contributed by atoms with E-state index in [-0.39, 0.29) is 0 Å². The SMILES string of the molecule is c1ccc(CCCN2CCN(c3nccc(N4CCOCC4)n3)CC2)cc1. The molecule has 0 atom stereocenters. The molecule has 6 nitrogen and oxygen atoms in total. The summed E-state index contributed by atoms with van der Waals surface area (Å²) >= 11 is 0. The molecule has 0 radical (unpaired) electrons. The van der Waals surface area contributed by atoms with E-state index < -0.39 is 0 Å². The molecule has 4 rings (SSSR count). The Bertz CT molecular complexity index is 697. The quantitative estimate of drug-likeness (QED) is 0.779. The van der Waals surface area contributed by atoms with Crippen LogP contribution in [0.25, 0.3) is 0 Å². The number of ether oxygens (including phenoxy) is 1. The predicted octanol–water partition coefficient (Wildman–Crippen LogP) is 2.07. The minimum Gasteiger partial charge on any atom is -0.378 e. The summed E-state index contributed by atoms with van der Waals surface area (Å²) in [6.45, 7) is 8.70. The van der Waals surface area contributed by atoms with Crippen LogP contribution in [0.4, 0.5) is 11.8 Å². The van der Waals surface area contributed by atoms with Gasteiger partial charge in [-0.3, -0.25) is 4.90 Å². The van der Waals surface area contributed by atoms with Gasteiger partial charge in [-0.05, 0) is 31.0 Å². The first-order valence-electron chi connectivity index (χ1n) is 10.1. The van der Waals surface area contributed by atoms with Crippen LogP contribution in [0.1, 0.15) is 12.0 Å². The van der Waals surface area contributed by atoms with Crippen LogP contribution >= 0.6 is 0 Å². The van der Waals surface area contributed by atoms with Crippen molar-refractivity contribution >= 4 is 11.8 Å². The van der Waals surface area contributed by atoms with Crippen LogP contribution in [0.3, 0.4) is 0 Å². The summed E-state index contributed by atoms with van der Waals surface area (Å²) in [4.78, 5) is 16.5. The molecule has 2 aliphatic rings. The molecule has 0 bridgehead atoms. The van der Waals surface area contributed by atoms with E-state index in [1.165, 1.54) is 12.0 Å². The molecule has 0 saturated carbocycles. The summed E-state index contributed by atoms with van der Waals surface area (Å²) in [5, 5.41) is 0. The Morgan fingerprint density at radius 1 is 0.852 bits per heavy atom. The van der Waals surface area contributed by atoms with Gasteiger partial charge in [0.05, 0.1) is 13.2 Å². The second-order valence-electron chi connectivity index (χ2n) is 7.23. The monoisotopic (exact) mass is 367 g/mol. The number of piperazine rings is 1. The summed E-state index contributed by atoms with van der Waals surface area (Å²) in [6.07, 6.45) is 4.26. The Morgan fingerprint density at radius 3 is 2.41 bits per heavy atom. The maximum atomic E-state index is 5.44. The molecule has 144 valence electrons. The summed E-state index contributed by atoms with van der Waals surface area (Å²) in [5.41, 5.74) is 1.43. The maximum Gasteiger partial charge on any atom is 0.227 e. The molecule has 0 unspecified atom stereocenters. The van der Waals surface area contributed by atoms with Crippen LogP contribution in [0.15, 0.2) is 42.6 Å². The molecule has 6 heteroatoms. The van der Waals surface area contributed by atoms with Crippen molar-refractivity contribution in [1.29, 1.82) is 0 Å². The molecule has 0 amide bonds. The average Bonchev–Trinajstić information content (AvgIpc) is 2.76. The van der Waals surface area contributed by atoms with Crippen molar-refractivity contribution in [2.45, 2.75) is 12.8 Å². The predicted molar refractivity (Wildman–Crippen MR) is 108 cm³/mol. The number of aryl methyl sites for hydroxylation is 1. The molecule has 2 aliphatic heterocycles. The zero-order chi connectivity index (χ0) is 18.3. The van der Waals surface area contributed by atoms with Gasteiger partial charge in [-0.1, -0.05) is 30.3 Å². The smallest absolute Gasteiger partial charge is 0.227 e. The van der Waals surface area contributed by atoms with E-state index in [1.807, 2.05) is 12.3 Å². The number of nitrogens with zero attached hydrogens (tertiary/aromatic N) is 5. The molecule has 1 aromatic heterocycles. The first-order chi connectivity index (χ1) is 13.4. The number of hydrogen-bond donors (Lipinski definition) is 0. The Hall–Kier alpha value is -2.18. The molecule has 0 N–H and O–H groups in total. The topological polar surface area (TPSA) is 44.7 Å². The molecule has 2 saturated heterocycles. The van der Waals surface area contributed by atoms with E-state index in [0.717, 1.165) is 77.2 Å². The Labute approximate surface area is 161 Å². The second kappa shape index (κ2) is 9.15. The average molecular weight is 367 g/mol. The van der Waals surface area contributed by atoms with Crippen molar-refractivity contribution in [2.24, 2.45) is 0 Å². The largest absolute Gasteiger partial charge is 0.378 e. The fourth-order valence-corrected chi connectivity index (χ4v) is 3.78. The van der Waals surface area contributed by atoms with Crippen molar-refractivity contribution in [1.82, 2.24) is 14.9 Å². The summed E-state index contributed by atoms with van der Waals surface area (Å²) in [7, 11) is 0. The van der Waals surface area contributed by atoms with Crippen molar-refractivity contribution < 1.29 is 4.74 Å². The van der Waals surface area contributed by atoms with E-state index in [4.69, 9.17) is 9.72 Å². The molecule has 0 spiro atoms. The number of anilines is 2. The summed E-state index contributed by atoms with van der Waals surface area (Å²) < 4.78 is 5.44. The highest BCUT2D eigenvalue weighted by Crippen LogP contribution is 2.17. The minimum absolute atomic E-state index is 0.779. The van der Waals surface area contributed by atoms with Crippen molar-refractivity contribution in [3.63, 3.8) is 0 Å². The highest BCUT2D eigenvalue weighted by atomic mass is 16.5. The fourth-order valence-electron chi connectivity index (χ4n) is 3.78. The molecular weight excluding hydrogens is 338 g/mol. The Balaban J connectivity index is 1.25. The molecule has 2 fully saturated rings. The van der Waals surface area contributed by atoms with E-state index >= 15 is 0 Å². The number of benzene rings is 1. The fraction of sp³-hybridized carbons (Fsp3) is 0.524. The first kappa shape index (κ1) is 18.2. The lowest BCUT2D eigenvalue weighted by atomic mass is 10.1. The van der Waals surface area contributed by atoms with Gasteiger partial charge in [-0.2, -0.15) is 4.98 Å². The van der Waals surface area contributed by atoms with E-state index in [1.54, 1.807) is 0 Å². The van der Waals surface area contributed by atoms with Crippen LogP contribution < -0.4 is 9.80 Å². The normalized spacial score (nSPS) is 18.7. The van der Waals surface area contributed by atoms with Crippen LogP contribution in [0.2, 0.25) is 0 Å². The Morgan fingerprint density at radius 2 is 1.63 bits per heavy atom. The standard InChI is InChI=1S/C21H29N5O/c1-2-5-19(6-3-1)7-4-10-24-11-13-26(14-12-24)21-22-9-8-20(23-21)25-15-17-27-18-16-25/h1-3,5-6,8-9H,4,7,10-18H2. The maximum absolute atomic E-state index is 5.44. The lowest BCUT2D eigenvalue weighted by Gasteiger charge is -2.35. The highest BCUT2D eigenvalue weighted by Gasteiger charge is 2.20. The van der Waals surface area contributed by atoms with Gasteiger partial charge >= 0.3 is 0 Å². The molecule has 27 heavy (non-hydrogen) atoms. The molecule has 0 aliphatic carbocycles. The molecule has 1 aromatic carbocycles. The summed E-state index contributed by atoms with van der Waals surface area (Å²) in [6, 6.07) is 12.8. The first-order valence-corrected chi connectivity index (χ1v) is 10.1. The molecule has 3 heterocycles. The Kier molecular flexibility index (Phi) is 6.17. The van der Waals surface area contributed by atoms with Crippen LogP contribution in [-0.4, -0.2) is 73.9 Å². The van der Waals surface area contributed by atoms with Gasteiger partial charge < -0.3 is 14.5 Å². The van der Waals surface area contributed by atoms with Crippen molar-refractivity contribution in [2.75, 3.05) is 68.8 Å². The summed E-state index contributed by atoms with van der Waals surface area (Å²) in [5.74, 6) is 1.89. The third kappa shape index (κ3) is 4.96. The van der Waals surface area contributed by atoms with Gasteiger partial charge in [-0.25, -0.2) is 4.98 Å². The van der Waals surface area contributed by atoms with Gasteiger partial charge in [0.1, 0.15) is 5.82 Å². The van der Waals surface area contributed by atoms with E-state index in [2.05, 4.69) is 50.0 Å². The van der Waals surface area contributed by atoms with Gasteiger partial charge in [0.15, 0.2) is 0 Å². The van der Waals surface area contributed by atoms with Crippen LogP contribution in [0, 0.1) is 0 Å². The second-order valence-corrected chi connectivity index (χ2v) is 7.23. The molecule has 2 aromatic rings. The number of hydrogen-bond acceptors (Lipinski definition) is 6. The zero-order valence-electron chi connectivity index (χ0n) is 16.0. The molecular formula is C21H29N5O. The van der Waals surface area contributed by atoms with Crippen LogP contribution in [0.5, 0.6) is 0 Å². The highest BCUT2D eigenvalue weighted by molar-refractivity contribution is 5.44. The number of morpholine rings is 1. The van der Waals surface area contributed by atoms with Gasteiger partial charge in [-0.15, -0.1) is 0 Å². The van der Waals surface area contributed by atoms with Gasteiger partial charge in [0.2, 0.25) is 5.95 Å². The lowest BCUT2D eigenvalue weighted by molar-refractivity contribution is 0.122. The number of aromatic nitrogens is 2. The number of rotatable bonds is 6. The minimum atomic E-state index is 0.779. The van der Waals surface area contributed by atoms with Gasteiger partial charge in [0.25, 0.3) is 0 Å². The third-order valence-corrected chi connectivity index (χ3v) is 5.40. The van der Waals surface area contributed by atoms with E-state index in [9.17, 15) is 0 Å². The van der Waals surface area contributed by atoms with Crippen molar-refractivity contribution in [3.05, 3.63) is 48.2 Å². The third-order valence-electron chi connectivity index (χ3n) is 5.40. The zero-order valence-corrected chi connectivity index (χ0v) is 16.0. The van der Waals surface area contributed by atoms with Crippen molar-refractivity contribution in [3.8, 4) is 0 Å². The van der Waals surface area contributed by atoms with E-state index in [0.29, 0.717) is 0 Å².